The quantitative estimate of drug-likeness (QED) is 0.634. The van der Waals surface area contributed by atoms with Gasteiger partial charge in [0.15, 0.2) is 16.4 Å². The third kappa shape index (κ3) is 3.85. The highest BCUT2D eigenvalue weighted by Gasteiger charge is 2.30. The number of carbonyl (C=O) groups excluding carboxylic acids is 1. The van der Waals surface area contributed by atoms with Crippen LogP contribution in [0.2, 0.25) is 0 Å². The Kier molecular flexibility index (Phi) is 3.94. The van der Waals surface area contributed by atoms with E-state index in [2.05, 4.69) is 0 Å². The van der Waals surface area contributed by atoms with Gasteiger partial charge in [-0.2, -0.15) is 0 Å². The third-order valence-electron chi connectivity index (χ3n) is 2.75. The Morgan fingerprint density at radius 2 is 2.11 bits per heavy atom. The van der Waals surface area contributed by atoms with Crippen LogP contribution in [0.15, 0.2) is 24.3 Å². The number of rotatable bonds is 4. The minimum atomic E-state index is -3.05. The van der Waals surface area contributed by atoms with Gasteiger partial charge in [0.05, 0.1) is 17.2 Å². The summed E-state index contributed by atoms with van der Waals surface area (Å²) in [5.41, 5.74) is 6.08. The molecule has 1 heterocycles. The lowest BCUT2D eigenvalue weighted by Gasteiger charge is -2.11. The van der Waals surface area contributed by atoms with Crippen LogP contribution in [0.3, 0.4) is 0 Å². The second kappa shape index (κ2) is 5.48. The van der Waals surface area contributed by atoms with Gasteiger partial charge in [0.1, 0.15) is 11.9 Å². The van der Waals surface area contributed by atoms with Crippen molar-refractivity contribution in [1.29, 1.82) is 0 Å². The molecule has 0 spiro atoms. The fourth-order valence-electron chi connectivity index (χ4n) is 1.82. The number of nitrogens with two attached hydrogens (primary N) is 1. The Hall–Kier alpha value is -1.76. The number of ether oxygens (including phenoxy) is 2. The van der Waals surface area contributed by atoms with Crippen LogP contribution in [0, 0.1) is 0 Å². The van der Waals surface area contributed by atoms with Crippen molar-refractivity contribution >= 4 is 21.5 Å². The van der Waals surface area contributed by atoms with Crippen LogP contribution < -0.4 is 10.5 Å². The van der Waals surface area contributed by atoms with E-state index >= 15 is 0 Å². The van der Waals surface area contributed by atoms with Crippen LogP contribution in [0.4, 0.5) is 5.69 Å². The molecule has 1 aromatic carbocycles. The molecule has 2 rings (SSSR count). The van der Waals surface area contributed by atoms with Crippen molar-refractivity contribution in [2.45, 2.75) is 12.5 Å². The summed E-state index contributed by atoms with van der Waals surface area (Å²) < 4.78 is 32.7. The van der Waals surface area contributed by atoms with Crippen LogP contribution in [-0.4, -0.2) is 38.6 Å². The van der Waals surface area contributed by atoms with Gasteiger partial charge in [-0.3, -0.25) is 0 Å². The molecule has 7 heteroatoms. The maximum Gasteiger partial charge on any atom is 0.344 e. The minimum Gasteiger partial charge on any atom is -0.480 e. The first-order valence-electron chi connectivity index (χ1n) is 5.83. The molecule has 19 heavy (non-hydrogen) atoms. The molecule has 0 aliphatic carbocycles. The molecule has 1 saturated heterocycles. The number of para-hydroxylation sites is 2. The second-order valence-corrected chi connectivity index (χ2v) is 6.57. The zero-order valence-electron chi connectivity index (χ0n) is 10.2. The van der Waals surface area contributed by atoms with Gasteiger partial charge in [0, 0.05) is 0 Å². The molecular weight excluding hydrogens is 270 g/mol. The number of esters is 1. The van der Waals surface area contributed by atoms with E-state index in [1.54, 1.807) is 24.3 Å². The van der Waals surface area contributed by atoms with Gasteiger partial charge in [-0.1, -0.05) is 12.1 Å². The predicted octanol–water partition coefficient (Wildman–Crippen LogP) is 0.378. The normalized spacial score (nSPS) is 20.9. The smallest absolute Gasteiger partial charge is 0.344 e. The van der Waals surface area contributed by atoms with Crippen molar-refractivity contribution in [3.8, 4) is 5.75 Å². The molecule has 1 unspecified atom stereocenters. The molecular formula is C12H15NO5S. The highest BCUT2D eigenvalue weighted by molar-refractivity contribution is 7.91. The third-order valence-corrected chi connectivity index (χ3v) is 4.49. The molecule has 0 radical (unpaired) electrons. The summed E-state index contributed by atoms with van der Waals surface area (Å²) in [6.45, 7) is -0.287. The summed E-state index contributed by atoms with van der Waals surface area (Å²) >= 11 is 0. The lowest BCUT2D eigenvalue weighted by Crippen LogP contribution is -2.23. The molecule has 2 N–H and O–H groups in total. The van der Waals surface area contributed by atoms with Gasteiger partial charge in [-0.25, -0.2) is 13.2 Å². The van der Waals surface area contributed by atoms with E-state index in [9.17, 15) is 13.2 Å². The topological polar surface area (TPSA) is 95.7 Å². The summed E-state index contributed by atoms with van der Waals surface area (Å²) in [5, 5.41) is 0. The largest absolute Gasteiger partial charge is 0.480 e. The highest BCUT2D eigenvalue weighted by Crippen LogP contribution is 2.20. The highest BCUT2D eigenvalue weighted by atomic mass is 32.2. The van der Waals surface area contributed by atoms with Crippen molar-refractivity contribution < 1.29 is 22.7 Å². The zero-order valence-corrected chi connectivity index (χ0v) is 11.1. The standard InChI is InChI=1S/C12H15NO5S/c13-10-3-1-2-4-11(10)17-7-12(14)18-9-5-6-19(15,16)8-9/h1-4,9H,5-8,13H2. The van der Waals surface area contributed by atoms with E-state index in [1.807, 2.05) is 0 Å². The lowest BCUT2D eigenvalue weighted by molar-refractivity contribution is -0.150. The van der Waals surface area contributed by atoms with Crippen LogP contribution in [-0.2, 0) is 19.4 Å². The summed E-state index contributed by atoms with van der Waals surface area (Å²) in [6, 6.07) is 6.79. The van der Waals surface area contributed by atoms with Crippen LogP contribution in [0.25, 0.3) is 0 Å². The molecule has 0 saturated carbocycles. The van der Waals surface area contributed by atoms with Gasteiger partial charge < -0.3 is 15.2 Å². The number of hydrogen-bond acceptors (Lipinski definition) is 6. The summed E-state index contributed by atoms with van der Waals surface area (Å²) in [7, 11) is -3.05. The SMILES string of the molecule is Nc1ccccc1OCC(=O)OC1CCS(=O)(=O)C1. The molecule has 0 aromatic heterocycles. The Morgan fingerprint density at radius 1 is 1.37 bits per heavy atom. The van der Waals surface area contributed by atoms with Crippen molar-refractivity contribution in [1.82, 2.24) is 0 Å². The average Bonchev–Trinajstić information content (AvgIpc) is 2.67. The fraction of sp³-hybridized carbons (Fsp3) is 0.417. The van der Waals surface area contributed by atoms with Gasteiger partial charge in [0.2, 0.25) is 0 Å². The van der Waals surface area contributed by atoms with Gasteiger partial charge >= 0.3 is 5.97 Å². The first-order chi connectivity index (χ1) is 8.96. The zero-order chi connectivity index (χ0) is 13.9. The summed E-state index contributed by atoms with van der Waals surface area (Å²) in [4.78, 5) is 11.5. The summed E-state index contributed by atoms with van der Waals surface area (Å²) in [6.07, 6.45) is -0.212. The first kappa shape index (κ1) is 13.7. The van der Waals surface area contributed by atoms with Gasteiger partial charge in [-0.15, -0.1) is 0 Å². The Balaban J connectivity index is 1.81. The molecule has 0 amide bonds. The number of benzene rings is 1. The number of nitrogen functional groups attached to an aromatic ring is 1. The van der Waals surface area contributed by atoms with Crippen LogP contribution >= 0.6 is 0 Å². The van der Waals surface area contributed by atoms with Gasteiger partial charge in [0.25, 0.3) is 0 Å². The van der Waals surface area contributed by atoms with Crippen molar-refractivity contribution in [3.05, 3.63) is 24.3 Å². The van der Waals surface area contributed by atoms with E-state index in [0.29, 0.717) is 17.9 Å². The van der Waals surface area contributed by atoms with E-state index in [-0.39, 0.29) is 18.1 Å². The first-order valence-corrected chi connectivity index (χ1v) is 7.65. The molecule has 1 aromatic rings. The molecule has 1 aliphatic rings. The lowest BCUT2D eigenvalue weighted by atomic mass is 10.3. The van der Waals surface area contributed by atoms with Crippen LogP contribution in [0.5, 0.6) is 5.75 Å². The second-order valence-electron chi connectivity index (χ2n) is 4.34. The fourth-order valence-corrected chi connectivity index (χ4v) is 3.41. The maximum absolute atomic E-state index is 11.5. The number of sulfone groups is 1. The maximum atomic E-state index is 11.5. The predicted molar refractivity (Wildman–Crippen MR) is 69.5 cm³/mol. The Morgan fingerprint density at radius 3 is 2.74 bits per heavy atom. The minimum absolute atomic E-state index is 0.0669. The number of hydrogen-bond donors (Lipinski definition) is 1. The molecule has 1 atom stereocenters. The number of anilines is 1. The summed E-state index contributed by atoms with van der Waals surface area (Å²) in [5.74, 6) is -0.229. The molecule has 0 bridgehead atoms. The molecule has 1 fully saturated rings. The van der Waals surface area contributed by atoms with E-state index < -0.39 is 21.9 Å². The van der Waals surface area contributed by atoms with Crippen molar-refractivity contribution in [2.75, 3.05) is 23.8 Å². The monoisotopic (exact) mass is 285 g/mol. The Bertz CT molecular complexity index is 569. The van der Waals surface area contributed by atoms with Gasteiger partial charge in [-0.05, 0) is 18.6 Å². The van der Waals surface area contributed by atoms with E-state index in [1.165, 1.54) is 0 Å². The number of carbonyl (C=O) groups is 1. The molecule has 1 aliphatic heterocycles. The van der Waals surface area contributed by atoms with Crippen molar-refractivity contribution in [2.24, 2.45) is 0 Å². The Labute approximate surface area is 111 Å². The molecule has 104 valence electrons. The molecule has 6 nitrogen and oxygen atoms in total. The average molecular weight is 285 g/mol. The van der Waals surface area contributed by atoms with Crippen molar-refractivity contribution in [3.63, 3.8) is 0 Å². The van der Waals surface area contributed by atoms with Crippen LogP contribution in [0.1, 0.15) is 6.42 Å². The van der Waals surface area contributed by atoms with E-state index in [0.717, 1.165) is 0 Å². The van der Waals surface area contributed by atoms with E-state index in [4.69, 9.17) is 15.2 Å².